The van der Waals surface area contributed by atoms with Crippen molar-refractivity contribution in [2.45, 2.75) is 30.0 Å². The smallest absolute Gasteiger partial charge is 0.169 e. The Morgan fingerprint density at radius 3 is 2.09 bits per heavy atom. The predicted molar refractivity (Wildman–Crippen MR) is 202 cm³/mol. The average Bonchev–Trinajstić information content (AvgIpc) is 3.82. The topological polar surface area (TPSA) is 72.5 Å². The third kappa shape index (κ3) is 2.98. The van der Waals surface area contributed by atoms with Crippen LogP contribution in [-0.4, -0.2) is 41.3 Å². The van der Waals surface area contributed by atoms with E-state index >= 15 is 4.79 Å². The maximum atomic E-state index is 16.2. The van der Waals surface area contributed by atoms with Crippen LogP contribution in [0.5, 0.6) is 28.7 Å². The first-order valence-corrected chi connectivity index (χ1v) is 18.1. The van der Waals surface area contributed by atoms with E-state index in [0.717, 1.165) is 88.1 Å². The molecule has 0 amide bonds. The maximum absolute atomic E-state index is 16.2. The lowest BCUT2D eigenvalue weighted by atomic mass is 9.36. The van der Waals surface area contributed by atoms with Crippen molar-refractivity contribution in [1.82, 2.24) is 0 Å². The highest BCUT2D eigenvalue weighted by Gasteiger charge is 2.72. The van der Waals surface area contributed by atoms with E-state index in [4.69, 9.17) is 28.4 Å². The SMILES string of the molecule is COc1cc2c(c3c1[C@H]1C(=O)[C@@]4(Cc5ccccc5)C=Cc5c(OC)c(OC)c6ccc7c(OC)cc8c(OC)cc1c1c8c7c6c5[C@]314)[C@H]1C=C[C@@H]2O1. The van der Waals surface area contributed by atoms with E-state index in [1.807, 2.05) is 6.07 Å². The molecule has 7 aliphatic rings. The molecule has 53 heavy (non-hydrogen) atoms. The molecule has 0 fully saturated rings. The fourth-order valence-corrected chi connectivity index (χ4v) is 11.7. The zero-order chi connectivity index (χ0) is 35.7. The van der Waals surface area contributed by atoms with Gasteiger partial charge in [0.15, 0.2) is 17.3 Å². The van der Waals surface area contributed by atoms with Crippen LogP contribution in [0.1, 0.15) is 68.2 Å². The van der Waals surface area contributed by atoms with Crippen LogP contribution in [0.2, 0.25) is 0 Å². The van der Waals surface area contributed by atoms with Gasteiger partial charge in [0.2, 0.25) is 0 Å². The van der Waals surface area contributed by atoms with E-state index in [-0.39, 0.29) is 18.0 Å². The summed E-state index contributed by atoms with van der Waals surface area (Å²) < 4.78 is 38.0. The van der Waals surface area contributed by atoms with Crippen molar-refractivity contribution in [2.24, 2.45) is 5.41 Å². The molecule has 4 bridgehead atoms. The maximum Gasteiger partial charge on any atom is 0.169 e. The van der Waals surface area contributed by atoms with Gasteiger partial charge in [-0.25, -0.2) is 0 Å². The number of hydrogen-bond donors (Lipinski definition) is 0. The lowest BCUT2D eigenvalue weighted by Gasteiger charge is -2.63. The van der Waals surface area contributed by atoms with Gasteiger partial charge in [-0.2, -0.15) is 0 Å². The number of carbonyl (C=O) groups excluding carboxylic acids is 1. The lowest BCUT2D eigenvalue weighted by molar-refractivity contribution is -0.131. The summed E-state index contributed by atoms with van der Waals surface area (Å²) in [7, 11) is 8.54. The highest BCUT2D eigenvalue weighted by atomic mass is 16.5. The quantitative estimate of drug-likeness (QED) is 0.122. The number of benzene rings is 6. The van der Waals surface area contributed by atoms with Gasteiger partial charge in [0.1, 0.15) is 29.5 Å². The summed E-state index contributed by atoms with van der Waals surface area (Å²) in [6.45, 7) is 0. The molecule has 5 atom stereocenters. The number of ether oxygens (including phenoxy) is 6. The van der Waals surface area contributed by atoms with Gasteiger partial charge in [-0.1, -0.05) is 54.6 Å². The number of Topliss-reactive ketones (excluding diaryl/α,β-unsaturated/α-hetero) is 1. The first kappa shape index (κ1) is 29.8. The molecule has 0 aromatic heterocycles. The van der Waals surface area contributed by atoms with Crippen LogP contribution in [0.15, 0.2) is 78.9 Å². The van der Waals surface area contributed by atoms with Gasteiger partial charge in [0, 0.05) is 32.7 Å². The number of fused-ring (bicyclic) bond motifs is 5. The average molecular weight is 699 g/mol. The molecular weight excluding hydrogens is 664 g/mol. The minimum atomic E-state index is -1.02. The standard InChI is InChI=1S/C46H34O7/c1-48-30-17-26-31(49-2)19-27-37-38-32(50-3)18-25-28-13-14-29(53-28)33(25)41(38)46-39-24(15-16-45(46,44(37)47)20-21-9-7-6-8-10-21)43(52-5)42(51-4)23-12-11-22(30)34(35(23)39)36(26)40(27)46/h6-19,28-29,37H,20H2,1-5H3/t28-,29+,37-,45-,46+/m0/s1. The Morgan fingerprint density at radius 2 is 1.34 bits per heavy atom. The van der Waals surface area contributed by atoms with Gasteiger partial charge >= 0.3 is 0 Å². The van der Waals surface area contributed by atoms with Gasteiger partial charge in [0.05, 0.1) is 52.3 Å². The third-order valence-corrected chi connectivity index (χ3v) is 13.3. The summed E-state index contributed by atoms with van der Waals surface area (Å²) in [5.74, 6) is 2.99. The Labute approximate surface area is 305 Å². The van der Waals surface area contributed by atoms with Gasteiger partial charge in [-0.3, -0.25) is 4.79 Å². The molecule has 6 aromatic carbocycles. The van der Waals surface area contributed by atoms with Crippen molar-refractivity contribution >= 4 is 44.2 Å². The van der Waals surface area contributed by atoms with Crippen molar-refractivity contribution in [2.75, 3.05) is 35.5 Å². The predicted octanol–water partition coefficient (Wildman–Crippen LogP) is 8.80. The highest BCUT2D eigenvalue weighted by molar-refractivity contribution is 6.31. The minimum Gasteiger partial charge on any atom is -0.496 e. The van der Waals surface area contributed by atoms with Crippen molar-refractivity contribution in [3.8, 4) is 28.7 Å². The fraction of sp³-hybridized carbons (Fsp3) is 0.239. The summed E-state index contributed by atoms with van der Waals surface area (Å²) >= 11 is 0. The Bertz CT molecular complexity index is 2810. The minimum absolute atomic E-state index is 0.148. The molecule has 0 unspecified atom stereocenters. The van der Waals surface area contributed by atoms with E-state index in [2.05, 4.69) is 78.9 Å². The van der Waals surface area contributed by atoms with Crippen molar-refractivity contribution in [1.29, 1.82) is 0 Å². The van der Waals surface area contributed by atoms with Gasteiger partial charge in [-0.05, 0) is 86.5 Å². The highest BCUT2D eigenvalue weighted by Crippen LogP contribution is 2.76. The first-order chi connectivity index (χ1) is 26.0. The third-order valence-electron chi connectivity index (χ3n) is 13.3. The molecule has 1 spiro atoms. The van der Waals surface area contributed by atoms with Gasteiger partial charge < -0.3 is 28.4 Å². The Morgan fingerprint density at radius 1 is 0.642 bits per heavy atom. The van der Waals surface area contributed by atoms with Crippen molar-refractivity contribution < 1.29 is 33.2 Å². The van der Waals surface area contributed by atoms with Crippen LogP contribution in [0.25, 0.3) is 38.4 Å². The number of hydrogen-bond acceptors (Lipinski definition) is 7. The van der Waals surface area contributed by atoms with Crippen LogP contribution in [0, 0.1) is 5.41 Å². The van der Waals surface area contributed by atoms with Gasteiger partial charge in [0.25, 0.3) is 0 Å². The van der Waals surface area contributed by atoms with E-state index in [1.165, 1.54) is 0 Å². The molecule has 2 aliphatic heterocycles. The summed E-state index contributed by atoms with van der Waals surface area (Å²) in [6, 6.07) is 21.0. The number of ketones is 1. The van der Waals surface area contributed by atoms with E-state index in [9.17, 15) is 0 Å². The normalized spacial score (nSPS) is 25.3. The van der Waals surface area contributed by atoms with Crippen LogP contribution in [0.4, 0.5) is 0 Å². The molecule has 0 saturated heterocycles. The first-order valence-electron chi connectivity index (χ1n) is 18.1. The molecule has 13 rings (SSSR count). The van der Waals surface area contributed by atoms with Gasteiger partial charge in [-0.15, -0.1) is 0 Å². The summed E-state index contributed by atoms with van der Waals surface area (Å²) in [6.07, 6.45) is 8.73. The van der Waals surface area contributed by atoms with Crippen LogP contribution < -0.4 is 23.7 Å². The second-order valence-corrected chi connectivity index (χ2v) is 15.1. The molecule has 5 aliphatic carbocycles. The summed E-state index contributed by atoms with van der Waals surface area (Å²) in [4.78, 5) is 16.2. The molecule has 2 heterocycles. The number of carbonyl (C=O) groups is 1. The Hall–Kier alpha value is -5.79. The second kappa shape index (κ2) is 9.60. The zero-order valence-corrected chi connectivity index (χ0v) is 29.9. The van der Waals surface area contributed by atoms with E-state index in [1.54, 1.807) is 35.5 Å². The van der Waals surface area contributed by atoms with Crippen molar-refractivity contribution in [3.05, 3.63) is 129 Å². The number of methoxy groups -OCH3 is 5. The lowest BCUT2D eigenvalue weighted by Crippen LogP contribution is -2.63. The fourth-order valence-electron chi connectivity index (χ4n) is 11.7. The molecule has 0 N–H and O–H groups in total. The number of allylic oxidation sites excluding steroid dienone is 1. The number of rotatable bonds is 7. The molecular formula is C46H34O7. The Kier molecular flexibility index (Phi) is 5.39. The van der Waals surface area contributed by atoms with Crippen molar-refractivity contribution in [3.63, 3.8) is 0 Å². The second-order valence-electron chi connectivity index (χ2n) is 15.1. The zero-order valence-electron chi connectivity index (χ0n) is 29.9. The van der Waals surface area contributed by atoms with Crippen LogP contribution in [0.3, 0.4) is 0 Å². The van der Waals surface area contributed by atoms with E-state index < -0.39 is 16.7 Å². The molecule has 6 aromatic rings. The monoisotopic (exact) mass is 698 g/mol. The van der Waals surface area contributed by atoms with E-state index in [0.29, 0.717) is 29.4 Å². The van der Waals surface area contributed by atoms with Crippen LogP contribution >= 0.6 is 0 Å². The summed E-state index contributed by atoms with van der Waals surface area (Å²) in [5, 5.41) is 6.03. The summed E-state index contributed by atoms with van der Waals surface area (Å²) in [5.41, 5.74) is 7.42. The van der Waals surface area contributed by atoms with Crippen LogP contribution in [-0.2, 0) is 21.4 Å². The molecule has 0 saturated carbocycles. The molecule has 0 radical (unpaired) electrons. The Balaban J connectivity index is 1.43. The molecule has 7 nitrogen and oxygen atoms in total. The molecule has 260 valence electrons. The molecule has 7 heteroatoms. The largest absolute Gasteiger partial charge is 0.496 e.